The summed E-state index contributed by atoms with van der Waals surface area (Å²) in [4.78, 5) is 58.9. The summed E-state index contributed by atoms with van der Waals surface area (Å²) in [5.41, 5.74) is 0. The normalized spacial score (nSPS) is 14.6. The fourth-order valence-electron chi connectivity index (χ4n) is 12.0. The molecule has 0 aliphatic heterocycles. The van der Waals surface area contributed by atoms with Crippen molar-refractivity contribution in [3.05, 3.63) is 170 Å². The maximum atomic E-state index is 13.0. The Bertz CT molecular complexity index is 2770. The first-order valence-corrected chi connectivity index (χ1v) is 48.4. The lowest BCUT2D eigenvalue weighted by atomic mass is 10.0. The van der Waals surface area contributed by atoms with E-state index in [4.69, 9.17) is 32.3 Å². The van der Waals surface area contributed by atoms with Gasteiger partial charge in [0.25, 0.3) is 0 Å². The number of ether oxygens (including phenoxy) is 3. The number of phosphoric acid groups is 2. The van der Waals surface area contributed by atoms with Crippen LogP contribution in [0.1, 0.15) is 367 Å². The zero-order valence-electron chi connectivity index (χ0n) is 72.4. The highest BCUT2D eigenvalue weighted by Gasteiger charge is 2.29. The van der Waals surface area contributed by atoms with E-state index in [-0.39, 0.29) is 19.3 Å². The molecule has 0 spiro atoms. The van der Waals surface area contributed by atoms with Crippen molar-refractivity contribution in [3.63, 3.8) is 0 Å². The van der Waals surface area contributed by atoms with E-state index in [0.717, 1.165) is 148 Å². The molecule has 5 unspecified atom stereocenters. The van der Waals surface area contributed by atoms with Crippen LogP contribution in [0.25, 0.3) is 0 Å². The van der Waals surface area contributed by atoms with Gasteiger partial charge in [0.1, 0.15) is 25.4 Å². The first kappa shape index (κ1) is 110. The molecule has 0 amide bonds. The Labute approximate surface area is 701 Å². The summed E-state index contributed by atoms with van der Waals surface area (Å²) in [5, 5.41) is 20.7. The summed E-state index contributed by atoms with van der Waals surface area (Å²) in [6.07, 6.45) is 114. The minimum absolute atomic E-state index is 0.0415. The summed E-state index contributed by atoms with van der Waals surface area (Å²) < 4.78 is 61.3. The van der Waals surface area contributed by atoms with Crippen LogP contribution in [-0.4, -0.2) is 95.9 Å². The van der Waals surface area contributed by atoms with Gasteiger partial charge in [-0.3, -0.25) is 32.5 Å². The molecule has 0 fully saturated rings. The standard InChI is InChI=1S/C97H164O16P2/c1-4-7-10-13-16-19-22-25-28-31-34-37-39-40-41-42-43-44-45-46-47-48-49-50-52-55-56-59-62-65-68-71-74-77-80-83-95(100)107-86-92(98)87-109-114(103,104)110-88-93(99)89-111-115(105,106)112-91-94(113-97(102)85-82-79-76-73-70-67-64-61-58-53-36-33-30-27-24-21-18-15-12-9-6-3)90-108-96(101)84-81-78-75-72-69-66-63-60-57-54-51-38-35-32-29-26-23-20-17-14-11-8-5-2/h9,12,16-21,25-30,34-38,40-41,53-54,57,61,64,70,73,92-94,98-99H,4-8,10-11,13-15,22-24,31-33,39,42-52,55-56,58-60,62-63,65-69,71-72,74-91H2,1-3H3,(H,103,104)(H,105,106)/b12-9-,19-16-,20-17-,21-18-,28-25-,29-26-,30-27-,37-34-,38-35-,41-40-,53-36-,57-54-,64-61-,73-70-. The fraction of sp³-hybridized carbons (Fsp3) is 0.680. The molecule has 16 nitrogen and oxygen atoms in total. The molecule has 0 radical (unpaired) electrons. The summed E-state index contributed by atoms with van der Waals surface area (Å²) in [6.45, 7) is 2.47. The summed E-state index contributed by atoms with van der Waals surface area (Å²) in [7, 11) is -9.83. The lowest BCUT2D eigenvalue weighted by Gasteiger charge is -2.21. The Morgan fingerprint density at radius 3 is 0.748 bits per heavy atom. The highest BCUT2D eigenvalue weighted by atomic mass is 31.2. The van der Waals surface area contributed by atoms with Gasteiger partial charge in [-0.2, -0.15) is 0 Å². The molecule has 115 heavy (non-hydrogen) atoms. The second kappa shape index (κ2) is 88.2. The molecule has 0 heterocycles. The third-order valence-corrected chi connectivity index (χ3v) is 20.8. The molecule has 0 saturated heterocycles. The van der Waals surface area contributed by atoms with Crippen molar-refractivity contribution in [3.8, 4) is 0 Å². The molecule has 0 aromatic rings. The van der Waals surface area contributed by atoms with Gasteiger partial charge in [-0.05, 0) is 161 Å². The van der Waals surface area contributed by atoms with Crippen LogP contribution in [0.3, 0.4) is 0 Å². The zero-order chi connectivity index (χ0) is 83.6. The van der Waals surface area contributed by atoms with Gasteiger partial charge in [0, 0.05) is 19.3 Å². The molecule has 0 aromatic heterocycles. The van der Waals surface area contributed by atoms with Crippen LogP contribution >= 0.6 is 15.6 Å². The molecule has 0 aliphatic rings. The number of aliphatic hydroxyl groups excluding tert-OH is 2. The number of carbonyl (C=O) groups is 3. The fourth-order valence-corrected chi connectivity index (χ4v) is 13.6. The van der Waals surface area contributed by atoms with Gasteiger partial charge in [-0.25, -0.2) is 9.13 Å². The van der Waals surface area contributed by atoms with Crippen molar-refractivity contribution >= 4 is 33.6 Å². The first-order valence-electron chi connectivity index (χ1n) is 45.4. The van der Waals surface area contributed by atoms with Crippen molar-refractivity contribution < 1.29 is 75.8 Å². The Kier molecular flexibility index (Phi) is 84.3. The highest BCUT2D eigenvalue weighted by molar-refractivity contribution is 7.47. The molecule has 0 saturated carbocycles. The van der Waals surface area contributed by atoms with Crippen molar-refractivity contribution in [2.75, 3.05) is 39.6 Å². The maximum absolute atomic E-state index is 13.0. The SMILES string of the molecule is CC/C=C\C/C=C\C/C=C\C/C=C\C/C=C\C/C=C\CCCCC(=O)OC(COC(=O)CCCCCCCCC/C=C\C/C=C\C/C=C\C/C=C\CCCCC)COP(=O)(O)OCC(O)COP(=O)(O)OCC(O)COC(=O)CCCCCCCCCCCCCCCCCCCCC/C=C\C/C=C\C/C=C\C/C=C\CCCCC. The summed E-state index contributed by atoms with van der Waals surface area (Å²) >= 11 is 0. The van der Waals surface area contributed by atoms with Crippen LogP contribution in [0.2, 0.25) is 0 Å². The minimum atomic E-state index is -4.96. The van der Waals surface area contributed by atoms with E-state index in [1.54, 1.807) is 0 Å². The Balaban J connectivity index is 4.56. The summed E-state index contributed by atoms with van der Waals surface area (Å²) in [6, 6.07) is 0. The van der Waals surface area contributed by atoms with Gasteiger partial charge < -0.3 is 34.2 Å². The first-order chi connectivity index (χ1) is 56.2. The molecule has 18 heteroatoms. The second-order valence-electron chi connectivity index (χ2n) is 30.0. The lowest BCUT2D eigenvalue weighted by Crippen LogP contribution is -2.30. The van der Waals surface area contributed by atoms with E-state index in [1.807, 2.05) is 0 Å². The average Bonchev–Trinajstić information content (AvgIpc) is 0.900. The van der Waals surface area contributed by atoms with Gasteiger partial charge in [0.15, 0.2) is 6.10 Å². The Morgan fingerprint density at radius 1 is 0.252 bits per heavy atom. The van der Waals surface area contributed by atoms with E-state index in [9.17, 15) is 43.5 Å². The number of unbranched alkanes of at least 4 members (excludes halogenated alkanes) is 34. The number of phosphoric ester groups is 2. The van der Waals surface area contributed by atoms with Crippen molar-refractivity contribution in [1.82, 2.24) is 0 Å². The molecule has 0 bridgehead atoms. The minimum Gasteiger partial charge on any atom is -0.463 e. The quantitative estimate of drug-likeness (QED) is 0.0146. The van der Waals surface area contributed by atoms with Crippen molar-refractivity contribution in [2.24, 2.45) is 0 Å². The smallest absolute Gasteiger partial charge is 0.463 e. The number of esters is 3. The van der Waals surface area contributed by atoms with Gasteiger partial charge in [-0.15, -0.1) is 0 Å². The number of rotatable bonds is 85. The third-order valence-electron chi connectivity index (χ3n) is 18.9. The summed E-state index contributed by atoms with van der Waals surface area (Å²) in [5.74, 6) is -1.64. The molecule has 658 valence electrons. The molecular weight excluding hydrogens is 1480 g/mol. The zero-order valence-corrected chi connectivity index (χ0v) is 74.2. The Hall–Kier alpha value is -5.09. The van der Waals surface area contributed by atoms with E-state index in [1.165, 1.54) is 154 Å². The monoisotopic (exact) mass is 1650 g/mol. The third kappa shape index (κ3) is 89.5. The molecule has 5 atom stereocenters. The van der Waals surface area contributed by atoms with Crippen molar-refractivity contribution in [2.45, 2.75) is 386 Å². The highest BCUT2D eigenvalue weighted by Crippen LogP contribution is 2.45. The van der Waals surface area contributed by atoms with E-state index >= 15 is 0 Å². The number of hydrogen-bond acceptors (Lipinski definition) is 14. The number of hydrogen-bond donors (Lipinski definition) is 4. The van der Waals surface area contributed by atoms with Crippen LogP contribution in [0.4, 0.5) is 0 Å². The van der Waals surface area contributed by atoms with Gasteiger partial charge in [-0.1, -0.05) is 358 Å². The number of aliphatic hydroxyl groups is 2. The molecular formula is C97H164O16P2. The topological polar surface area (TPSA) is 231 Å². The Morgan fingerprint density at radius 2 is 0.461 bits per heavy atom. The van der Waals surface area contributed by atoms with Crippen LogP contribution in [-0.2, 0) is 55.8 Å². The van der Waals surface area contributed by atoms with E-state index in [2.05, 4.69) is 191 Å². The van der Waals surface area contributed by atoms with E-state index in [0.29, 0.717) is 25.7 Å². The van der Waals surface area contributed by atoms with Crippen LogP contribution in [0.15, 0.2) is 170 Å². The predicted molar refractivity (Wildman–Crippen MR) is 482 cm³/mol. The number of carbonyl (C=O) groups excluding carboxylic acids is 3. The molecule has 0 aliphatic carbocycles. The van der Waals surface area contributed by atoms with Gasteiger partial charge >= 0.3 is 33.6 Å². The average molecular weight is 1650 g/mol. The van der Waals surface area contributed by atoms with Crippen molar-refractivity contribution in [1.29, 1.82) is 0 Å². The van der Waals surface area contributed by atoms with Gasteiger partial charge in [0.05, 0.1) is 26.4 Å². The number of allylic oxidation sites excluding steroid dienone is 28. The largest absolute Gasteiger partial charge is 0.472 e. The molecule has 0 aromatic carbocycles. The van der Waals surface area contributed by atoms with E-state index < -0.39 is 91.5 Å². The van der Waals surface area contributed by atoms with Crippen LogP contribution in [0, 0.1) is 0 Å². The molecule has 0 rings (SSSR count). The maximum Gasteiger partial charge on any atom is 0.472 e. The van der Waals surface area contributed by atoms with Crippen LogP contribution in [0.5, 0.6) is 0 Å². The lowest BCUT2D eigenvalue weighted by molar-refractivity contribution is -0.161. The predicted octanol–water partition coefficient (Wildman–Crippen LogP) is 27.9. The van der Waals surface area contributed by atoms with Gasteiger partial charge in [0.2, 0.25) is 0 Å². The van der Waals surface area contributed by atoms with Crippen LogP contribution < -0.4 is 0 Å². The second-order valence-corrected chi connectivity index (χ2v) is 32.9. The molecule has 4 N–H and O–H groups in total.